The van der Waals surface area contributed by atoms with Gasteiger partial charge in [-0.3, -0.25) is 0 Å². The smallest absolute Gasteiger partial charge is 0.138 e. The minimum absolute atomic E-state index is 0.133. The average Bonchev–Trinajstić information content (AvgIpc) is 2.79. The van der Waals surface area contributed by atoms with E-state index in [1.165, 1.54) is 5.69 Å². The van der Waals surface area contributed by atoms with E-state index in [2.05, 4.69) is 49.1 Å². The minimum atomic E-state index is -0.529. The lowest BCUT2D eigenvalue weighted by atomic mass is 9.98. The molecule has 0 amide bonds. The van der Waals surface area contributed by atoms with Crippen LogP contribution in [0, 0.1) is 11.3 Å². The van der Waals surface area contributed by atoms with E-state index in [0.29, 0.717) is 17.9 Å². The zero-order valence-corrected chi connectivity index (χ0v) is 21.4. The molecule has 0 fully saturated rings. The van der Waals surface area contributed by atoms with Crippen molar-refractivity contribution >= 4 is 5.69 Å². The van der Waals surface area contributed by atoms with Gasteiger partial charge in [0, 0.05) is 24.3 Å². The molecule has 0 N–H and O–H groups in total. The normalized spacial score (nSPS) is 10.9. The topological polar surface area (TPSA) is 45.5 Å². The third-order valence-corrected chi connectivity index (χ3v) is 4.82. The van der Waals surface area contributed by atoms with E-state index in [4.69, 9.17) is 9.47 Å². The SMILES string of the molecule is CC.CCCN(CCC)c1ccc(-c2cccc(OC(C)(C)COC(C)C)c2C#N)cc1. The summed E-state index contributed by atoms with van der Waals surface area (Å²) >= 11 is 0. The molecule has 2 aromatic rings. The van der Waals surface area contributed by atoms with Crippen LogP contribution in [0.4, 0.5) is 5.69 Å². The third kappa shape index (κ3) is 8.20. The molecule has 32 heavy (non-hydrogen) atoms. The van der Waals surface area contributed by atoms with Crippen LogP contribution in [-0.2, 0) is 4.74 Å². The number of ether oxygens (including phenoxy) is 2. The van der Waals surface area contributed by atoms with Crippen molar-refractivity contribution in [1.82, 2.24) is 0 Å². The van der Waals surface area contributed by atoms with Crippen LogP contribution in [0.1, 0.15) is 73.8 Å². The first-order valence-electron chi connectivity index (χ1n) is 12.0. The Bertz CT molecular complexity index is 830. The van der Waals surface area contributed by atoms with Gasteiger partial charge in [0.05, 0.1) is 12.7 Å². The van der Waals surface area contributed by atoms with Gasteiger partial charge in [-0.15, -0.1) is 0 Å². The summed E-state index contributed by atoms with van der Waals surface area (Å²) < 4.78 is 11.9. The number of nitriles is 1. The fourth-order valence-corrected chi connectivity index (χ4v) is 3.43. The molecule has 0 saturated carbocycles. The number of benzene rings is 2. The number of rotatable bonds is 11. The van der Waals surface area contributed by atoms with Gasteiger partial charge in [-0.2, -0.15) is 5.26 Å². The van der Waals surface area contributed by atoms with Crippen molar-refractivity contribution in [3.05, 3.63) is 48.0 Å². The summed E-state index contributed by atoms with van der Waals surface area (Å²) in [6.45, 7) is 18.9. The van der Waals surface area contributed by atoms with Gasteiger partial charge in [0.2, 0.25) is 0 Å². The molecule has 4 nitrogen and oxygen atoms in total. The van der Waals surface area contributed by atoms with Crippen molar-refractivity contribution in [2.45, 2.75) is 79.9 Å². The summed E-state index contributed by atoms with van der Waals surface area (Å²) in [6, 6.07) is 16.6. The number of hydrogen-bond acceptors (Lipinski definition) is 4. The van der Waals surface area contributed by atoms with E-state index in [9.17, 15) is 5.26 Å². The highest BCUT2D eigenvalue weighted by Crippen LogP contribution is 2.33. The lowest BCUT2D eigenvalue weighted by molar-refractivity contribution is -0.0277. The fraction of sp³-hybridized carbons (Fsp3) is 0.536. The molecular weight excluding hydrogens is 396 g/mol. The van der Waals surface area contributed by atoms with Gasteiger partial charge in [-0.25, -0.2) is 0 Å². The summed E-state index contributed by atoms with van der Waals surface area (Å²) in [5.41, 5.74) is 3.16. The van der Waals surface area contributed by atoms with Gasteiger partial charge in [0.1, 0.15) is 23.0 Å². The van der Waals surface area contributed by atoms with Crippen LogP contribution in [0.15, 0.2) is 42.5 Å². The molecular formula is C28H42N2O2. The molecule has 0 bridgehead atoms. The Morgan fingerprint density at radius 3 is 2.06 bits per heavy atom. The van der Waals surface area contributed by atoms with E-state index < -0.39 is 5.60 Å². The quantitative estimate of drug-likeness (QED) is 0.365. The Kier molecular flexibility index (Phi) is 11.9. The van der Waals surface area contributed by atoms with E-state index in [1.54, 1.807) is 0 Å². The molecule has 0 atom stereocenters. The van der Waals surface area contributed by atoms with Crippen molar-refractivity contribution in [3.8, 4) is 22.9 Å². The van der Waals surface area contributed by atoms with Crippen LogP contribution in [0.3, 0.4) is 0 Å². The molecule has 0 heterocycles. The lowest BCUT2D eigenvalue weighted by Crippen LogP contribution is -2.35. The second kappa shape index (κ2) is 13.8. The highest BCUT2D eigenvalue weighted by Gasteiger charge is 2.23. The van der Waals surface area contributed by atoms with Gasteiger partial charge >= 0.3 is 0 Å². The Labute approximate surface area is 196 Å². The molecule has 176 valence electrons. The third-order valence-electron chi connectivity index (χ3n) is 4.82. The molecule has 4 heteroatoms. The predicted octanol–water partition coefficient (Wildman–Crippen LogP) is 7.46. The van der Waals surface area contributed by atoms with Crippen LogP contribution in [-0.4, -0.2) is 31.4 Å². The Morgan fingerprint density at radius 1 is 0.969 bits per heavy atom. The van der Waals surface area contributed by atoms with Crippen molar-refractivity contribution in [3.63, 3.8) is 0 Å². The van der Waals surface area contributed by atoms with Gasteiger partial charge in [0.25, 0.3) is 0 Å². The molecule has 0 radical (unpaired) electrons. The monoisotopic (exact) mass is 438 g/mol. The zero-order valence-electron chi connectivity index (χ0n) is 21.4. The maximum absolute atomic E-state index is 9.89. The van der Waals surface area contributed by atoms with Crippen LogP contribution < -0.4 is 9.64 Å². The van der Waals surface area contributed by atoms with Crippen molar-refractivity contribution in [2.75, 3.05) is 24.6 Å². The van der Waals surface area contributed by atoms with Gasteiger partial charge in [0.15, 0.2) is 0 Å². The van der Waals surface area contributed by atoms with Gasteiger partial charge < -0.3 is 14.4 Å². The van der Waals surface area contributed by atoms with Crippen LogP contribution >= 0.6 is 0 Å². The summed E-state index contributed by atoms with van der Waals surface area (Å²) in [5.74, 6) is 0.593. The van der Waals surface area contributed by atoms with Gasteiger partial charge in [-0.1, -0.05) is 52.0 Å². The fourth-order valence-electron chi connectivity index (χ4n) is 3.43. The molecule has 0 aromatic heterocycles. The second-order valence-corrected chi connectivity index (χ2v) is 8.55. The van der Waals surface area contributed by atoms with E-state index in [1.807, 2.05) is 59.7 Å². The maximum atomic E-state index is 9.89. The molecule has 2 aromatic carbocycles. The van der Waals surface area contributed by atoms with Crippen molar-refractivity contribution in [1.29, 1.82) is 5.26 Å². The molecule has 0 spiro atoms. The number of hydrogen-bond donors (Lipinski definition) is 0. The zero-order chi connectivity index (χ0) is 24.1. The van der Waals surface area contributed by atoms with Crippen molar-refractivity contribution < 1.29 is 9.47 Å². The molecule has 0 aliphatic heterocycles. The minimum Gasteiger partial charge on any atom is -0.484 e. The summed E-state index contributed by atoms with van der Waals surface area (Å²) in [6.07, 6.45) is 2.37. The van der Waals surface area contributed by atoms with E-state index >= 15 is 0 Å². The van der Waals surface area contributed by atoms with Crippen molar-refractivity contribution in [2.24, 2.45) is 0 Å². The second-order valence-electron chi connectivity index (χ2n) is 8.55. The maximum Gasteiger partial charge on any atom is 0.138 e. The molecule has 2 rings (SSSR count). The summed E-state index contributed by atoms with van der Waals surface area (Å²) in [4.78, 5) is 2.41. The molecule has 0 unspecified atom stereocenters. The Morgan fingerprint density at radius 2 is 1.56 bits per heavy atom. The number of nitrogens with zero attached hydrogens (tertiary/aromatic N) is 2. The summed E-state index contributed by atoms with van der Waals surface area (Å²) in [7, 11) is 0. The number of anilines is 1. The van der Waals surface area contributed by atoms with Gasteiger partial charge in [-0.05, 0) is 64.3 Å². The first-order valence-corrected chi connectivity index (χ1v) is 12.0. The Balaban J connectivity index is 0.00000249. The molecule has 0 aliphatic rings. The first-order chi connectivity index (χ1) is 15.3. The molecule has 0 aliphatic carbocycles. The van der Waals surface area contributed by atoms with E-state index in [0.717, 1.165) is 37.1 Å². The van der Waals surface area contributed by atoms with Crippen LogP contribution in [0.2, 0.25) is 0 Å². The average molecular weight is 439 g/mol. The van der Waals surface area contributed by atoms with Crippen LogP contribution in [0.5, 0.6) is 5.75 Å². The highest BCUT2D eigenvalue weighted by atomic mass is 16.5. The first kappa shape index (κ1) is 27.5. The molecule has 0 saturated heterocycles. The predicted molar refractivity (Wildman–Crippen MR) is 137 cm³/mol. The lowest BCUT2D eigenvalue weighted by Gasteiger charge is -2.28. The van der Waals surface area contributed by atoms with E-state index in [-0.39, 0.29) is 6.10 Å². The Hall–Kier alpha value is -2.51. The largest absolute Gasteiger partial charge is 0.484 e. The summed E-state index contributed by atoms with van der Waals surface area (Å²) in [5, 5.41) is 9.89. The highest BCUT2D eigenvalue weighted by molar-refractivity contribution is 5.75. The van der Waals surface area contributed by atoms with Crippen LogP contribution in [0.25, 0.3) is 11.1 Å². The standard InChI is InChI=1S/C26H36N2O2.C2H6/c1-7-16-28(17-8-2)22-14-12-21(13-15-22)23-10-9-11-25(24(23)18-27)30-26(5,6)19-29-20(3)4;1-2/h9-15,20H,7-8,16-17,19H2,1-6H3;1-2H3.